The zero-order valence-corrected chi connectivity index (χ0v) is 19.0. The van der Waals surface area contributed by atoms with Crippen LogP contribution in [0.3, 0.4) is 0 Å². The summed E-state index contributed by atoms with van der Waals surface area (Å²) in [6.07, 6.45) is 9.08. The molecule has 0 aliphatic rings. The molecule has 1 N–H and O–H groups in total. The fraction of sp³-hybridized carbons (Fsp3) is 0.440. The van der Waals surface area contributed by atoms with Gasteiger partial charge >= 0.3 is 0 Å². The van der Waals surface area contributed by atoms with Gasteiger partial charge in [0.15, 0.2) is 0 Å². The van der Waals surface area contributed by atoms with Crippen LogP contribution in [0.5, 0.6) is 11.5 Å². The molecular weight excluding hydrogens is 412 g/mol. The molecule has 0 spiro atoms. The summed E-state index contributed by atoms with van der Waals surface area (Å²) in [5.74, 6) is 1.42. The van der Waals surface area contributed by atoms with Crippen molar-refractivity contribution in [2.75, 3.05) is 19.0 Å². The minimum atomic E-state index is -3.86. The van der Waals surface area contributed by atoms with Gasteiger partial charge in [-0.2, -0.15) is 8.42 Å². The summed E-state index contributed by atoms with van der Waals surface area (Å²) in [6, 6.07) is 16.0. The van der Waals surface area contributed by atoms with Gasteiger partial charge in [0.2, 0.25) is 0 Å². The Kier molecular flexibility index (Phi) is 11.2. The molecule has 0 saturated heterocycles. The molecule has 170 valence electrons. The number of benzene rings is 2. The van der Waals surface area contributed by atoms with Crippen LogP contribution in [0.15, 0.2) is 61.2 Å². The summed E-state index contributed by atoms with van der Waals surface area (Å²) < 4.78 is 42.5. The summed E-state index contributed by atoms with van der Waals surface area (Å²) in [7, 11) is -3.86. The van der Waals surface area contributed by atoms with Crippen molar-refractivity contribution < 1.29 is 22.4 Å². The first-order chi connectivity index (χ1) is 15.0. The van der Waals surface area contributed by atoms with E-state index in [1.807, 2.05) is 42.5 Å². The van der Waals surface area contributed by atoms with Crippen molar-refractivity contribution in [3.8, 4) is 22.6 Å². The molecule has 0 heterocycles. The Bertz CT molecular complexity index is 878. The Morgan fingerprint density at radius 2 is 1.35 bits per heavy atom. The van der Waals surface area contributed by atoms with Crippen molar-refractivity contribution in [1.29, 1.82) is 0 Å². The van der Waals surface area contributed by atoms with Gasteiger partial charge in [0.25, 0.3) is 10.1 Å². The van der Waals surface area contributed by atoms with Crippen molar-refractivity contribution in [3.63, 3.8) is 0 Å². The lowest BCUT2D eigenvalue weighted by Crippen LogP contribution is -2.04. The molecule has 2 rings (SSSR count). The molecule has 31 heavy (non-hydrogen) atoms. The first kappa shape index (κ1) is 25.0. The van der Waals surface area contributed by atoms with Crippen LogP contribution in [0.25, 0.3) is 11.1 Å². The summed E-state index contributed by atoms with van der Waals surface area (Å²) >= 11 is 0. The van der Waals surface area contributed by atoms with E-state index in [-0.39, 0.29) is 5.75 Å². The molecule has 6 heteroatoms. The molecule has 2 aromatic rings. The molecule has 0 amide bonds. The maximum atomic E-state index is 10.8. The van der Waals surface area contributed by atoms with Crippen LogP contribution in [-0.2, 0) is 10.1 Å². The third kappa shape index (κ3) is 10.0. The highest BCUT2D eigenvalue weighted by Crippen LogP contribution is 2.38. The Labute approximate surface area is 186 Å². The summed E-state index contributed by atoms with van der Waals surface area (Å²) in [4.78, 5) is 0. The largest absolute Gasteiger partial charge is 0.493 e. The van der Waals surface area contributed by atoms with Crippen LogP contribution in [0.1, 0.15) is 51.4 Å². The standard InChI is InChI=1S/C25H34O5S/c1-2-3-4-5-11-19-29-23-17-14-18-24(25(23)22-15-9-8-10-16-22)30-20-12-6-7-13-21-31(26,27)28/h2,8-10,14-18H,1,3-7,11-13,19-21H2,(H,26,27,28). The summed E-state index contributed by atoms with van der Waals surface area (Å²) in [5, 5.41) is 0. The Hall–Kier alpha value is -2.31. The number of ether oxygens (including phenoxy) is 2. The van der Waals surface area contributed by atoms with Crippen LogP contribution in [-0.4, -0.2) is 31.9 Å². The number of unbranched alkanes of at least 4 members (excludes halogenated alkanes) is 6. The molecule has 0 atom stereocenters. The molecule has 0 fully saturated rings. The molecular formula is C25H34O5S. The lowest BCUT2D eigenvalue weighted by Gasteiger charge is -2.17. The lowest BCUT2D eigenvalue weighted by molar-refractivity contribution is 0.293. The Morgan fingerprint density at radius 3 is 1.94 bits per heavy atom. The lowest BCUT2D eigenvalue weighted by atomic mass is 10.0. The van der Waals surface area contributed by atoms with Crippen LogP contribution in [0.4, 0.5) is 0 Å². The van der Waals surface area contributed by atoms with Gasteiger partial charge in [-0.3, -0.25) is 4.55 Å². The van der Waals surface area contributed by atoms with Gasteiger partial charge < -0.3 is 9.47 Å². The van der Waals surface area contributed by atoms with E-state index >= 15 is 0 Å². The summed E-state index contributed by atoms with van der Waals surface area (Å²) in [6.45, 7) is 4.96. The Morgan fingerprint density at radius 1 is 0.774 bits per heavy atom. The van der Waals surface area contributed by atoms with Crippen molar-refractivity contribution >= 4 is 10.1 Å². The highest BCUT2D eigenvalue weighted by Gasteiger charge is 2.13. The van der Waals surface area contributed by atoms with E-state index in [1.165, 1.54) is 0 Å². The van der Waals surface area contributed by atoms with Crippen molar-refractivity contribution in [1.82, 2.24) is 0 Å². The van der Waals surface area contributed by atoms with Gasteiger partial charge in [-0.15, -0.1) is 6.58 Å². The third-order valence-electron chi connectivity index (χ3n) is 4.91. The van der Waals surface area contributed by atoms with E-state index in [9.17, 15) is 8.42 Å². The maximum Gasteiger partial charge on any atom is 0.264 e. The highest BCUT2D eigenvalue weighted by atomic mass is 32.2. The smallest absolute Gasteiger partial charge is 0.264 e. The van der Waals surface area contributed by atoms with Gasteiger partial charge in [0, 0.05) is 0 Å². The SMILES string of the molecule is C=CCCCCCOc1cccc(OCCCCCCS(=O)(=O)O)c1-c1ccccc1. The average Bonchev–Trinajstić information content (AvgIpc) is 2.75. The first-order valence-electron chi connectivity index (χ1n) is 11.0. The van der Waals surface area contributed by atoms with E-state index < -0.39 is 10.1 Å². The van der Waals surface area contributed by atoms with Crippen molar-refractivity contribution in [2.45, 2.75) is 51.4 Å². The van der Waals surface area contributed by atoms with E-state index in [0.29, 0.717) is 19.6 Å². The summed E-state index contributed by atoms with van der Waals surface area (Å²) in [5.41, 5.74) is 2.01. The van der Waals surface area contributed by atoms with E-state index in [0.717, 1.165) is 67.6 Å². The third-order valence-corrected chi connectivity index (χ3v) is 5.72. The first-order valence-corrected chi connectivity index (χ1v) is 12.6. The molecule has 2 aromatic carbocycles. The van der Waals surface area contributed by atoms with E-state index in [4.69, 9.17) is 14.0 Å². The molecule has 0 aliphatic heterocycles. The number of hydrogen-bond donors (Lipinski definition) is 1. The predicted molar refractivity (Wildman–Crippen MR) is 126 cm³/mol. The molecule has 0 unspecified atom stereocenters. The van der Waals surface area contributed by atoms with E-state index in [1.54, 1.807) is 0 Å². The molecule has 5 nitrogen and oxygen atoms in total. The number of rotatable bonds is 16. The second-order valence-corrected chi connectivity index (χ2v) is 9.10. The van der Waals surface area contributed by atoms with Crippen molar-refractivity contribution in [3.05, 3.63) is 61.2 Å². The average molecular weight is 447 g/mol. The Balaban J connectivity index is 1.94. The molecule has 0 aromatic heterocycles. The monoisotopic (exact) mass is 446 g/mol. The second kappa shape index (κ2) is 13.9. The van der Waals surface area contributed by atoms with Gasteiger partial charge in [0.1, 0.15) is 11.5 Å². The topological polar surface area (TPSA) is 72.8 Å². The van der Waals surface area contributed by atoms with Crippen LogP contribution in [0, 0.1) is 0 Å². The van der Waals surface area contributed by atoms with Crippen LogP contribution >= 0.6 is 0 Å². The molecule has 0 bridgehead atoms. The van der Waals surface area contributed by atoms with Gasteiger partial charge in [0.05, 0.1) is 24.5 Å². The van der Waals surface area contributed by atoms with Crippen LogP contribution < -0.4 is 9.47 Å². The van der Waals surface area contributed by atoms with Gasteiger partial charge in [-0.1, -0.05) is 55.3 Å². The quantitative estimate of drug-likeness (QED) is 0.186. The fourth-order valence-electron chi connectivity index (χ4n) is 3.31. The molecule has 0 aliphatic carbocycles. The molecule has 0 saturated carbocycles. The highest BCUT2D eigenvalue weighted by molar-refractivity contribution is 7.85. The minimum Gasteiger partial charge on any atom is -0.493 e. The zero-order chi connectivity index (χ0) is 22.4. The maximum absolute atomic E-state index is 10.8. The van der Waals surface area contributed by atoms with Crippen LogP contribution in [0.2, 0.25) is 0 Å². The predicted octanol–water partition coefficient (Wildman–Crippen LogP) is 6.31. The second-order valence-electron chi connectivity index (χ2n) is 7.53. The van der Waals surface area contributed by atoms with Gasteiger partial charge in [-0.05, 0) is 56.2 Å². The zero-order valence-electron chi connectivity index (χ0n) is 18.2. The normalized spacial score (nSPS) is 11.3. The fourth-order valence-corrected chi connectivity index (χ4v) is 3.88. The minimum absolute atomic E-state index is 0.182. The number of allylic oxidation sites excluding steroid dienone is 1. The van der Waals surface area contributed by atoms with Crippen molar-refractivity contribution in [2.24, 2.45) is 0 Å². The van der Waals surface area contributed by atoms with E-state index in [2.05, 4.69) is 18.7 Å². The van der Waals surface area contributed by atoms with Gasteiger partial charge in [-0.25, -0.2) is 0 Å². The molecule has 0 radical (unpaired) electrons. The number of hydrogen-bond acceptors (Lipinski definition) is 4.